The maximum atomic E-state index is 12.1. The van der Waals surface area contributed by atoms with Crippen molar-refractivity contribution in [1.82, 2.24) is 5.32 Å². The fraction of sp³-hybridized carbons (Fsp3) is 0.462. The fourth-order valence-electron chi connectivity index (χ4n) is 2.13. The van der Waals surface area contributed by atoms with E-state index in [-0.39, 0.29) is 18.7 Å². The molecule has 1 aromatic rings. The zero-order chi connectivity index (χ0) is 13.2. The molecule has 0 spiro atoms. The van der Waals surface area contributed by atoms with Crippen molar-refractivity contribution in [3.8, 4) is 11.5 Å². The molecule has 0 bridgehead atoms. The lowest BCUT2D eigenvalue weighted by molar-refractivity contribution is -0.120. The van der Waals surface area contributed by atoms with Crippen molar-refractivity contribution in [2.24, 2.45) is 0 Å². The molecule has 1 aromatic carbocycles. The second kappa shape index (κ2) is 5.07. The van der Waals surface area contributed by atoms with E-state index in [1.54, 1.807) is 6.07 Å². The Bertz CT molecular complexity index is 498. The largest absolute Gasteiger partial charge is 0.454 e. The third-order valence-electron chi connectivity index (χ3n) is 3.22. The molecular weight excluding hydrogens is 248 g/mol. The Hall–Kier alpha value is -1.79. The number of fused-ring (bicyclic) bond motifs is 1. The molecule has 2 N–H and O–H groups in total. The highest BCUT2D eigenvalue weighted by atomic mass is 16.7. The predicted octanol–water partition coefficient (Wildman–Crippen LogP) is 0.651. The van der Waals surface area contributed by atoms with E-state index >= 15 is 0 Å². The molecule has 0 aliphatic carbocycles. The number of anilines is 1. The van der Waals surface area contributed by atoms with Crippen LogP contribution in [0.3, 0.4) is 0 Å². The van der Waals surface area contributed by atoms with Crippen LogP contribution in [0.1, 0.15) is 5.56 Å². The van der Waals surface area contributed by atoms with E-state index in [0.717, 1.165) is 17.0 Å². The Balaban J connectivity index is 1.74. The molecule has 1 atom stereocenters. The zero-order valence-corrected chi connectivity index (χ0v) is 10.7. The minimum absolute atomic E-state index is 0.0957. The Morgan fingerprint density at radius 1 is 1.37 bits per heavy atom. The number of rotatable bonds is 2. The van der Waals surface area contributed by atoms with Crippen LogP contribution in [0.4, 0.5) is 5.69 Å². The smallest absolute Gasteiger partial charge is 0.243 e. The van der Waals surface area contributed by atoms with Crippen molar-refractivity contribution in [2.45, 2.75) is 13.0 Å². The SMILES string of the molecule is Cc1cc2c(cc1NC(=O)C1COCCN1)OCO2. The monoisotopic (exact) mass is 264 g/mol. The van der Waals surface area contributed by atoms with Crippen LogP contribution in [0, 0.1) is 6.92 Å². The molecule has 6 heteroatoms. The van der Waals surface area contributed by atoms with Crippen LogP contribution in [0.15, 0.2) is 12.1 Å². The predicted molar refractivity (Wildman–Crippen MR) is 68.5 cm³/mol. The topological polar surface area (TPSA) is 68.8 Å². The van der Waals surface area contributed by atoms with Gasteiger partial charge in [-0.15, -0.1) is 0 Å². The molecule has 102 valence electrons. The van der Waals surface area contributed by atoms with Crippen LogP contribution in [0.25, 0.3) is 0 Å². The first-order valence-electron chi connectivity index (χ1n) is 6.26. The van der Waals surface area contributed by atoms with Crippen molar-refractivity contribution in [3.05, 3.63) is 17.7 Å². The van der Waals surface area contributed by atoms with Gasteiger partial charge in [-0.2, -0.15) is 0 Å². The first-order valence-corrected chi connectivity index (χ1v) is 6.26. The van der Waals surface area contributed by atoms with Gasteiger partial charge < -0.3 is 24.8 Å². The Labute approximate surface area is 111 Å². The molecule has 0 saturated carbocycles. The summed E-state index contributed by atoms with van der Waals surface area (Å²) in [4.78, 5) is 12.1. The molecule has 19 heavy (non-hydrogen) atoms. The Morgan fingerprint density at radius 2 is 2.16 bits per heavy atom. The van der Waals surface area contributed by atoms with Crippen molar-refractivity contribution >= 4 is 11.6 Å². The van der Waals surface area contributed by atoms with E-state index in [1.165, 1.54) is 0 Å². The van der Waals surface area contributed by atoms with Gasteiger partial charge in [-0.1, -0.05) is 0 Å². The van der Waals surface area contributed by atoms with Crippen molar-refractivity contribution < 1.29 is 19.0 Å². The summed E-state index contributed by atoms with van der Waals surface area (Å²) >= 11 is 0. The molecule has 1 fully saturated rings. The van der Waals surface area contributed by atoms with Gasteiger partial charge in [0.05, 0.1) is 13.2 Å². The summed E-state index contributed by atoms with van der Waals surface area (Å²) in [7, 11) is 0. The lowest BCUT2D eigenvalue weighted by atomic mass is 10.1. The minimum Gasteiger partial charge on any atom is -0.454 e. The summed E-state index contributed by atoms with van der Waals surface area (Å²) < 4.78 is 15.9. The lowest BCUT2D eigenvalue weighted by Gasteiger charge is -2.23. The first-order chi connectivity index (χ1) is 9.24. The van der Waals surface area contributed by atoms with E-state index in [9.17, 15) is 4.79 Å². The van der Waals surface area contributed by atoms with Crippen molar-refractivity contribution in [2.75, 3.05) is 31.9 Å². The summed E-state index contributed by atoms with van der Waals surface area (Å²) in [5.74, 6) is 1.28. The van der Waals surface area contributed by atoms with Crippen LogP contribution in [-0.2, 0) is 9.53 Å². The number of aryl methyl sites for hydroxylation is 1. The molecule has 6 nitrogen and oxygen atoms in total. The van der Waals surface area contributed by atoms with Gasteiger partial charge in [-0.3, -0.25) is 4.79 Å². The molecule has 2 aliphatic heterocycles. The van der Waals surface area contributed by atoms with Crippen LogP contribution >= 0.6 is 0 Å². The molecule has 2 heterocycles. The van der Waals surface area contributed by atoms with E-state index in [1.807, 2.05) is 13.0 Å². The normalized spacial score (nSPS) is 21.2. The Morgan fingerprint density at radius 3 is 2.89 bits per heavy atom. The maximum absolute atomic E-state index is 12.1. The van der Waals surface area contributed by atoms with Crippen molar-refractivity contribution in [1.29, 1.82) is 0 Å². The highest BCUT2D eigenvalue weighted by molar-refractivity contribution is 5.96. The standard InChI is InChI=1S/C13H16N2O4/c1-8-4-11-12(19-7-18-11)5-9(8)15-13(16)10-6-17-3-2-14-10/h4-5,10,14H,2-3,6-7H2,1H3,(H,15,16). The van der Waals surface area contributed by atoms with Gasteiger partial charge in [-0.25, -0.2) is 0 Å². The number of nitrogens with one attached hydrogen (secondary N) is 2. The lowest BCUT2D eigenvalue weighted by Crippen LogP contribution is -2.48. The molecule has 0 aromatic heterocycles. The van der Waals surface area contributed by atoms with Gasteiger partial charge in [0.15, 0.2) is 11.5 Å². The summed E-state index contributed by atoms with van der Waals surface area (Å²) in [6, 6.07) is 3.35. The number of ether oxygens (including phenoxy) is 3. The number of hydrogen-bond donors (Lipinski definition) is 2. The fourth-order valence-corrected chi connectivity index (χ4v) is 2.13. The van der Waals surface area contributed by atoms with Gasteiger partial charge in [0, 0.05) is 18.3 Å². The molecule has 3 rings (SSSR count). The second-order valence-electron chi connectivity index (χ2n) is 4.59. The third-order valence-corrected chi connectivity index (χ3v) is 3.22. The van der Waals surface area contributed by atoms with E-state index in [2.05, 4.69) is 10.6 Å². The molecule has 2 aliphatic rings. The van der Waals surface area contributed by atoms with Gasteiger partial charge in [0.25, 0.3) is 0 Å². The van der Waals surface area contributed by atoms with Gasteiger partial charge in [-0.05, 0) is 18.6 Å². The second-order valence-corrected chi connectivity index (χ2v) is 4.59. The molecule has 1 unspecified atom stereocenters. The summed E-state index contributed by atoms with van der Waals surface area (Å²) in [5, 5.41) is 6.01. The quantitative estimate of drug-likeness (QED) is 0.821. The number of morpholine rings is 1. The van der Waals surface area contributed by atoms with Gasteiger partial charge >= 0.3 is 0 Å². The summed E-state index contributed by atoms with van der Waals surface area (Å²) in [6.45, 7) is 3.88. The van der Waals surface area contributed by atoms with Crippen LogP contribution in [0.2, 0.25) is 0 Å². The van der Waals surface area contributed by atoms with E-state index < -0.39 is 0 Å². The van der Waals surface area contributed by atoms with Gasteiger partial charge in [0.2, 0.25) is 12.7 Å². The van der Waals surface area contributed by atoms with Crippen LogP contribution < -0.4 is 20.1 Å². The number of carbonyl (C=O) groups excluding carboxylic acids is 1. The molecule has 1 saturated heterocycles. The summed E-state index contributed by atoms with van der Waals surface area (Å²) in [6.07, 6.45) is 0. The number of amides is 1. The number of hydrogen-bond acceptors (Lipinski definition) is 5. The third kappa shape index (κ3) is 2.50. The average Bonchev–Trinajstić information content (AvgIpc) is 2.87. The van der Waals surface area contributed by atoms with Gasteiger partial charge in [0.1, 0.15) is 6.04 Å². The summed E-state index contributed by atoms with van der Waals surface area (Å²) in [5.41, 5.74) is 1.68. The average molecular weight is 264 g/mol. The highest BCUT2D eigenvalue weighted by Crippen LogP contribution is 2.36. The molecular formula is C13H16N2O4. The number of benzene rings is 1. The van der Waals surface area contributed by atoms with E-state index in [4.69, 9.17) is 14.2 Å². The van der Waals surface area contributed by atoms with Crippen molar-refractivity contribution in [3.63, 3.8) is 0 Å². The first kappa shape index (κ1) is 12.3. The van der Waals surface area contributed by atoms with E-state index in [0.29, 0.717) is 25.5 Å². The minimum atomic E-state index is -0.307. The number of carbonyl (C=O) groups is 1. The maximum Gasteiger partial charge on any atom is 0.243 e. The highest BCUT2D eigenvalue weighted by Gasteiger charge is 2.23. The van der Waals surface area contributed by atoms with Crippen LogP contribution in [0.5, 0.6) is 11.5 Å². The van der Waals surface area contributed by atoms with Crippen LogP contribution in [-0.4, -0.2) is 38.5 Å². The molecule has 0 radical (unpaired) electrons. The molecule has 1 amide bonds. The Kier molecular flexibility index (Phi) is 3.27. The zero-order valence-electron chi connectivity index (χ0n) is 10.7.